The van der Waals surface area contributed by atoms with Crippen molar-refractivity contribution in [1.29, 1.82) is 0 Å². The van der Waals surface area contributed by atoms with Gasteiger partial charge in [0.1, 0.15) is 6.29 Å². The molecule has 0 fully saturated rings. The Bertz CT molecular complexity index is 242. The third-order valence-electron chi connectivity index (χ3n) is 2.55. The van der Waals surface area contributed by atoms with Gasteiger partial charge in [-0.05, 0) is 13.3 Å². The molecule has 0 saturated heterocycles. The molecule has 0 spiro atoms. The molecule has 0 amide bonds. The smallest absolute Gasteiger partial charge is 0.377 e. The summed E-state index contributed by atoms with van der Waals surface area (Å²) in [4.78, 5) is 21.7. The predicted octanol–water partition coefficient (Wildman–Crippen LogP) is 2.97. The van der Waals surface area contributed by atoms with Crippen molar-refractivity contribution in [1.82, 2.24) is 0 Å². The number of halogens is 2. The van der Waals surface area contributed by atoms with Gasteiger partial charge in [0.25, 0.3) is 0 Å². The largest absolute Gasteiger partial charge is 0.462 e. The summed E-state index contributed by atoms with van der Waals surface area (Å²) in [6, 6.07) is 0. The summed E-state index contributed by atoms with van der Waals surface area (Å²) in [5.41, 5.74) is 0. The van der Waals surface area contributed by atoms with Gasteiger partial charge in [-0.25, -0.2) is 4.79 Å². The van der Waals surface area contributed by atoms with E-state index in [1.54, 1.807) is 0 Å². The number of esters is 1. The first-order valence-corrected chi connectivity index (χ1v) is 6.01. The van der Waals surface area contributed by atoms with Crippen LogP contribution in [0.25, 0.3) is 0 Å². The summed E-state index contributed by atoms with van der Waals surface area (Å²) in [5, 5.41) is 0. The van der Waals surface area contributed by atoms with E-state index in [-0.39, 0.29) is 19.3 Å². The number of hydrogen-bond donors (Lipinski definition) is 0. The van der Waals surface area contributed by atoms with Gasteiger partial charge in [-0.1, -0.05) is 32.6 Å². The lowest BCUT2D eigenvalue weighted by Crippen LogP contribution is -2.39. The van der Waals surface area contributed by atoms with E-state index in [0.29, 0.717) is 6.42 Å². The fourth-order valence-corrected chi connectivity index (χ4v) is 1.50. The Morgan fingerprint density at radius 3 is 2.41 bits per heavy atom. The SMILES string of the molecule is CCCCCC[C@@H](C=O)C(F)(F)C(=O)OCC. The van der Waals surface area contributed by atoms with E-state index in [4.69, 9.17) is 0 Å². The summed E-state index contributed by atoms with van der Waals surface area (Å²) >= 11 is 0. The summed E-state index contributed by atoms with van der Waals surface area (Å²) in [5.74, 6) is -6.88. The molecule has 1 atom stereocenters. The quantitative estimate of drug-likeness (QED) is 0.359. The van der Waals surface area contributed by atoms with Crippen molar-refractivity contribution in [2.45, 2.75) is 51.9 Å². The van der Waals surface area contributed by atoms with Crippen molar-refractivity contribution >= 4 is 12.3 Å². The van der Waals surface area contributed by atoms with Crippen LogP contribution in [0.1, 0.15) is 46.0 Å². The Kier molecular flexibility index (Phi) is 7.66. The normalized spacial score (nSPS) is 13.2. The first-order valence-electron chi connectivity index (χ1n) is 6.01. The zero-order valence-electron chi connectivity index (χ0n) is 10.4. The molecule has 0 heterocycles. The first-order chi connectivity index (χ1) is 8.00. The van der Waals surface area contributed by atoms with Crippen LogP contribution in [0.4, 0.5) is 8.78 Å². The molecule has 0 rings (SSSR count). The molecule has 5 heteroatoms. The first kappa shape index (κ1) is 16.0. The van der Waals surface area contributed by atoms with E-state index in [2.05, 4.69) is 4.74 Å². The zero-order valence-corrected chi connectivity index (χ0v) is 10.4. The number of hydrogen-bond acceptors (Lipinski definition) is 3. The van der Waals surface area contributed by atoms with Crippen molar-refractivity contribution in [2.75, 3.05) is 6.61 Å². The van der Waals surface area contributed by atoms with Crippen molar-refractivity contribution in [3.05, 3.63) is 0 Å². The maximum Gasteiger partial charge on any atom is 0.377 e. The van der Waals surface area contributed by atoms with Gasteiger partial charge >= 0.3 is 11.9 Å². The van der Waals surface area contributed by atoms with Gasteiger partial charge < -0.3 is 9.53 Å². The molecule has 0 bridgehead atoms. The predicted molar refractivity (Wildman–Crippen MR) is 59.9 cm³/mol. The highest BCUT2D eigenvalue weighted by Gasteiger charge is 2.48. The molecule has 0 N–H and O–H groups in total. The van der Waals surface area contributed by atoms with E-state index < -0.39 is 17.8 Å². The summed E-state index contributed by atoms with van der Waals surface area (Å²) in [6.45, 7) is 3.34. The minimum atomic E-state index is -3.70. The molecule has 0 aromatic rings. The van der Waals surface area contributed by atoms with Crippen LogP contribution < -0.4 is 0 Å². The minimum absolute atomic E-state index is 0.0231. The highest BCUT2D eigenvalue weighted by molar-refractivity contribution is 5.81. The lowest BCUT2D eigenvalue weighted by atomic mass is 9.95. The van der Waals surface area contributed by atoms with Crippen molar-refractivity contribution < 1.29 is 23.1 Å². The lowest BCUT2D eigenvalue weighted by molar-refractivity contribution is -0.180. The van der Waals surface area contributed by atoms with Gasteiger partial charge in [-0.3, -0.25) is 0 Å². The Balaban J connectivity index is 4.31. The monoisotopic (exact) mass is 250 g/mol. The maximum atomic E-state index is 13.5. The molecule has 0 aliphatic rings. The number of aldehydes is 1. The van der Waals surface area contributed by atoms with Gasteiger partial charge in [-0.2, -0.15) is 8.78 Å². The summed E-state index contributed by atoms with van der Waals surface area (Å²) < 4.78 is 31.2. The molecular formula is C12H20F2O3. The van der Waals surface area contributed by atoms with Crippen LogP contribution >= 0.6 is 0 Å². The number of unbranched alkanes of at least 4 members (excludes halogenated alkanes) is 3. The van der Waals surface area contributed by atoms with Crippen molar-refractivity contribution in [3.8, 4) is 0 Å². The molecular weight excluding hydrogens is 230 g/mol. The van der Waals surface area contributed by atoms with E-state index in [1.807, 2.05) is 6.92 Å². The maximum absolute atomic E-state index is 13.5. The highest BCUT2D eigenvalue weighted by Crippen LogP contribution is 2.29. The average molecular weight is 250 g/mol. The molecule has 0 aliphatic heterocycles. The van der Waals surface area contributed by atoms with Gasteiger partial charge in [-0.15, -0.1) is 0 Å². The van der Waals surface area contributed by atoms with Gasteiger partial charge in [0.15, 0.2) is 0 Å². The standard InChI is InChI=1S/C12H20F2O3/c1-3-5-6-7-8-10(9-15)12(13,14)11(16)17-4-2/h9-10H,3-8H2,1-2H3/t10-/m0/s1. The van der Waals surface area contributed by atoms with E-state index in [0.717, 1.165) is 19.3 Å². The Morgan fingerprint density at radius 2 is 1.94 bits per heavy atom. The molecule has 0 saturated carbocycles. The molecule has 3 nitrogen and oxygen atoms in total. The Morgan fingerprint density at radius 1 is 1.29 bits per heavy atom. The van der Waals surface area contributed by atoms with Crippen LogP contribution in [0.3, 0.4) is 0 Å². The molecule has 0 aliphatic carbocycles. The van der Waals surface area contributed by atoms with Crippen LogP contribution in [-0.2, 0) is 14.3 Å². The molecule has 0 aromatic heterocycles. The topological polar surface area (TPSA) is 43.4 Å². The summed E-state index contributed by atoms with van der Waals surface area (Å²) in [6.07, 6.45) is 3.42. The van der Waals surface area contributed by atoms with Crippen molar-refractivity contribution in [2.24, 2.45) is 5.92 Å². The molecule has 0 radical (unpaired) electrons. The van der Waals surface area contributed by atoms with E-state index in [1.165, 1.54) is 6.92 Å². The Hall–Kier alpha value is -1.00. The van der Waals surface area contributed by atoms with E-state index >= 15 is 0 Å². The van der Waals surface area contributed by atoms with E-state index in [9.17, 15) is 18.4 Å². The van der Waals surface area contributed by atoms with Gasteiger partial charge in [0, 0.05) is 0 Å². The molecule has 0 aromatic carbocycles. The third-order valence-corrected chi connectivity index (χ3v) is 2.55. The van der Waals surface area contributed by atoms with Gasteiger partial charge in [0.2, 0.25) is 0 Å². The number of alkyl halides is 2. The second kappa shape index (κ2) is 8.14. The van der Waals surface area contributed by atoms with Crippen molar-refractivity contribution in [3.63, 3.8) is 0 Å². The average Bonchev–Trinajstić information content (AvgIpc) is 2.29. The number of ether oxygens (including phenoxy) is 1. The third kappa shape index (κ3) is 5.24. The summed E-state index contributed by atoms with van der Waals surface area (Å²) in [7, 11) is 0. The molecule has 100 valence electrons. The van der Waals surface area contributed by atoms with Crippen LogP contribution in [0.5, 0.6) is 0 Å². The lowest BCUT2D eigenvalue weighted by Gasteiger charge is -2.20. The Labute approximate surface area is 101 Å². The molecule has 17 heavy (non-hydrogen) atoms. The number of carbonyl (C=O) groups excluding carboxylic acids is 2. The van der Waals surface area contributed by atoms with Gasteiger partial charge in [0.05, 0.1) is 12.5 Å². The highest BCUT2D eigenvalue weighted by atomic mass is 19.3. The van der Waals surface area contributed by atoms with Crippen LogP contribution in [-0.4, -0.2) is 24.8 Å². The minimum Gasteiger partial charge on any atom is -0.462 e. The number of carbonyl (C=O) groups is 2. The van der Waals surface area contributed by atoms with Crippen LogP contribution in [0, 0.1) is 5.92 Å². The van der Waals surface area contributed by atoms with Crippen LogP contribution in [0.15, 0.2) is 0 Å². The zero-order chi connectivity index (χ0) is 13.3. The number of rotatable bonds is 9. The fourth-order valence-electron chi connectivity index (χ4n) is 1.50. The fraction of sp³-hybridized carbons (Fsp3) is 0.833. The second-order valence-corrected chi connectivity index (χ2v) is 3.94. The molecule has 0 unspecified atom stereocenters. The second-order valence-electron chi connectivity index (χ2n) is 3.94. The van der Waals surface area contributed by atoms with Crippen LogP contribution in [0.2, 0.25) is 0 Å².